The van der Waals surface area contributed by atoms with Gasteiger partial charge in [-0.2, -0.15) is 0 Å². The molecule has 0 saturated carbocycles. The molecule has 6 nitrogen and oxygen atoms in total. The minimum atomic E-state index is -0.372. The highest BCUT2D eigenvalue weighted by Gasteiger charge is 2.30. The molecule has 1 heterocycles. The van der Waals surface area contributed by atoms with Gasteiger partial charge in [-0.05, 0) is 74.1 Å². The quantitative estimate of drug-likeness (QED) is 0.409. The molecule has 1 aliphatic rings. The number of aliphatic imine (C=N–C) groups is 1. The Balaban J connectivity index is 1.85. The topological polar surface area (TPSA) is 68.2 Å². The average Bonchev–Trinajstić information content (AvgIpc) is 2.98. The molecular weight excluding hydrogens is 468 g/mol. The summed E-state index contributed by atoms with van der Waals surface area (Å²) < 4.78 is 11.6. The molecule has 2 aromatic rings. The number of benzene rings is 2. The molecule has 0 unspecified atom stereocenters. The number of rotatable bonds is 6. The third kappa shape index (κ3) is 5.12. The molecule has 0 aliphatic carbocycles. The van der Waals surface area contributed by atoms with Crippen molar-refractivity contribution in [3.8, 4) is 5.75 Å². The number of hydrogen-bond donors (Lipinski definition) is 0. The molecule has 156 valence electrons. The van der Waals surface area contributed by atoms with E-state index in [9.17, 15) is 9.59 Å². The van der Waals surface area contributed by atoms with E-state index < -0.39 is 0 Å². The lowest BCUT2D eigenvalue weighted by Gasteiger charge is -2.08. The molecule has 0 atom stereocenters. The molecule has 0 N–H and O–H groups in total. The van der Waals surface area contributed by atoms with E-state index in [0.717, 1.165) is 10.0 Å². The van der Waals surface area contributed by atoms with Gasteiger partial charge in [0.2, 0.25) is 0 Å². The first kappa shape index (κ1) is 22.1. The summed E-state index contributed by atoms with van der Waals surface area (Å²) >= 11 is 4.75. The number of amidine groups is 1. The van der Waals surface area contributed by atoms with Crippen LogP contribution in [0.15, 0.2) is 56.8 Å². The Morgan fingerprint density at radius 3 is 2.57 bits per heavy atom. The summed E-state index contributed by atoms with van der Waals surface area (Å²) in [5, 5.41) is 0.558. The molecule has 3 rings (SSSR count). The molecule has 1 fully saturated rings. The second-order valence-electron chi connectivity index (χ2n) is 6.25. The Labute approximate surface area is 188 Å². The predicted octanol–water partition coefficient (Wildman–Crippen LogP) is 5.26. The highest BCUT2D eigenvalue weighted by Crippen LogP contribution is 2.35. The van der Waals surface area contributed by atoms with Gasteiger partial charge in [0.1, 0.15) is 5.75 Å². The second kappa shape index (κ2) is 9.95. The Hall–Kier alpha value is -2.58. The lowest BCUT2D eigenvalue weighted by Crippen LogP contribution is -2.23. The van der Waals surface area contributed by atoms with E-state index >= 15 is 0 Å². The van der Waals surface area contributed by atoms with Gasteiger partial charge < -0.3 is 9.47 Å². The van der Waals surface area contributed by atoms with Gasteiger partial charge >= 0.3 is 5.97 Å². The van der Waals surface area contributed by atoms with Gasteiger partial charge in [-0.25, -0.2) is 9.79 Å². The fourth-order valence-electron chi connectivity index (χ4n) is 2.71. The maximum absolute atomic E-state index is 12.7. The summed E-state index contributed by atoms with van der Waals surface area (Å²) in [5.74, 6) is 0.206. The third-order valence-electron chi connectivity index (χ3n) is 4.17. The van der Waals surface area contributed by atoms with Crippen LogP contribution in [-0.4, -0.2) is 42.2 Å². The summed E-state index contributed by atoms with van der Waals surface area (Å²) in [6, 6.07) is 12.4. The molecule has 30 heavy (non-hydrogen) atoms. The lowest BCUT2D eigenvalue weighted by molar-refractivity contribution is -0.121. The summed E-state index contributed by atoms with van der Waals surface area (Å²) in [6.45, 7) is 4.54. The van der Waals surface area contributed by atoms with E-state index in [4.69, 9.17) is 9.47 Å². The standard InChI is InChI=1S/C22H21BrN2O4S/c1-4-28-18-11-8-16(23)12-15(18)13-19-20(26)25(3)22(30-19)24-17-9-6-14(7-10-17)21(27)29-5-2/h6-13H,4-5H2,1-3H3/b19-13-,24-22?. The highest BCUT2D eigenvalue weighted by molar-refractivity contribution is 9.10. The fraction of sp³-hybridized carbons (Fsp3) is 0.227. The highest BCUT2D eigenvalue weighted by atomic mass is 79.9. The van der Waals surface area contributed by atoms with Crippen molar-refractivity contribution in [1.29, 1.82) is 0 Å². The van der Waals surface area contributed by atoms with Crippen molar-refractivity contribution in [2.24, 2.45) is 4.99 Å². The number of halogens is 1. The molecule has 0 aromatic heterocycles. The summed E-state index contributed by atoms with van der Waals surface area (Å²) in [4.78, 5) is 31.1. The second-order valence-corrected chi connectivity index (χ2v) is 8.18. The smallest absolute Gasteiger partial charge is 0.338 e. The van der Waals surface area contributed by atoms with Crippen LogP contribution in [0.2, 0.25) is 0 Å². The molecule has 8 heteroatoms. The number of ether oxygens (including phenoxy) is 2. The van der Waals surface area contributed by atoms with E-state index in [1.54, 1.807) is 38.2 Å². The fourth-order valence-corrected chi connectivity index (χ4v) is 4.07. The van der Waals surface area contributed by atoms with Crippen LogP contribution < -0.4 is 4.74 Å². The van der Waals surface area contributed by atoms with Crippen molar-refractivity contribution in [2.45, 2.75) is 13.8 Å². The van der Waals surface area contributed by atoms with Gasteiger partial charge in [-0.3, -0.25) is 9.69 Å². The molecule has 0 spiro atoms. The number of amides is 1. The first-order valence-corrected chi connectivity index (χ1v) is 11.0. The first-order valence-electron chi connectivity index (χ1n) is 9.38. The number of carbonyl (C=O) groups excluding carboxylic acids is 2. The van der Waals surface area contributed by atoms with Crippen LogP contribution >= 0.6 is 27.7 Å². The number of thioether (sulfide) groups is 1. The maximum atomic E-state index is 12.7. The van der Waals surface area contributed by atoms with E-state index in [0.29, 0.717) is 40.3 Å². The molecule has 1 saturated heterocycles. The van der Waals surface area contributed by atoms with Gasteiger partial charge in [-0.15, -0.1) is 0 Å². The Bertz CT molecular complexity index is 1020. The first-order chi connectivity index (χ1) is 14.4. The van der Waals surface area contributed by atoms with Crippen molar-refractivity contribution in [3.05, 3.63) is 63.0 Å². The van der Waals surface area contributed by atoms with Crippen LogP contribution in [-0.2, 0) is 9.53 Å². The van der Waals surface area contributed by atoms with Gasteiger partial charge in [0, 0.05) is 17.1 Å². The van der Waals surface area contributed by atoms with E-state index in [-0.39, 0.29) is 11.9 Å². The van der Waals surface area contributed by atoms with Crippen LogP contribution in [0.3, 0.4) is 0 Å². The van der Waals surface area contributed by atoms with Crippen LogP contribution in [0, 0.1) is 0 Å². The van der Waals surface area contributed by atoms with Gasteiger partial charge in [0.15, 0.2) is 5.17 Å². The Morgan fingerprint density at radius 1 is 1.17 bits per heavy atom. The zero-order valence-corrected chi connectivity index (χ0v) is 19.2. The summed E-state index contributed by atoms with van der Waals surface area (Å²) in [7, 11) is 1.69. The molecule has 0 bridgehead atoms. The van der Waals surface area contributed by atoms with E-state index in [1.165, 1.54) is 16.7 Å². The van der Waals surface area contributed by atoms with Gasteiger partial charge in [0.05, 0.1) is 29.4 Å². The van der Waals surface area contributed by atoms with Crippen LogP contribution in [0.25, 0.3) is 6.08 Å². The van der Waals surface area contributed by atoms with Crippen LogP contribution in [0.4, 0.5) is 5.69 Å². The number of carbonyl (C=O) groups is 2. The van der Waals surface area contributed by atoms with Crippen LogP contribution in [0.1, 0.15) is 29.8 Å². The van der Waals surface area contributed by atoms with Gasteiger partial charge in [-0.1, -0.05) is 15.9 Å². The van der Waals surface area contributed by atoms with Crippen molar-refractivity contribution in [2.75, 3.05) is 20.3 Å². The minimum Gasteiger partial charge on any atom is -0.493 e. The maximum Gasteiger partial charge on any atom is 0.338 e. The third-order valence-corrected chi connectivity index (χ3v) is 5.72. The largest absolute Gasteiger partial charge is 0.493 e. The predicted molar refractivity (Wildman–Crippen MR) is 123 cm³/mol. The molecule has 2 aromatic carbocycles. The van der Waals surface area contributed by atoms with E-state index in [2.05, 4.69) is 20.9 Å². The molecular formula is C22H21BrN2O4S. The zero-order valence-electron chi connectivity index (χ0n) is 16.8. The molecule has 1 amide bonds. The SMILES string of the molecule is CCOC(=O)c1ccc(N=C2S/C(=C\c3cc(Br)ccc3OCC)C(=O)N2C)cc1. The number of esters is 1. The number of nitrogens with zero attached hydrogens (tertiary/aromatic N) is 2. The Kier molecular flexibility index (Phi) is 7.33. The average molecular weight is 489 g/mol. The lowest BCUT2D eigenvalue weighted by atomic mass is 10.2. The number of likely N-dealkylation sites (N-methyl/N-ethyl adjacent to an activating group) is 1. The molecule has 0 radical (unpaired) electrons. The zero-order chi connectivity index (χ0) is 21.7. The van der Waals surface area contributed by atoms with E-state index in [1.807, 2.05) is 31.2 Å². The summed E-state index contributed by atoms with van der Waals surface area (Å²) in [6.07, 6.45) is 1.81. The van der Waals surface area contributed by atoms with Gasteiger partial charge in [0.25, 0.3) is 5.91 Å². The number of hydrogen-bond acceptors (Lipinski definition) is 6. The summed E-state index contributed by atoms with van der Waals surface area (Å²) in [5.41, 5.74) is 1.92. The normalized spacial score (nSPS) is 16.4. The minimum absolute atomic E-state index is 0.135. The van der Waals surface area contributed by atoms with Crippen LogP contribution in [0.5, 0.6) is 5.75 Å². The van der Waals surface area contributed by atoms with Crippen molar-refractivity contribution in [3.63, 3.8) is 0 Å². The molecule has 1 aliphatic heterocycles. The Morgan fingerprint density at radius 2 is 1.90 bits per heavy atom. The van der Waals surface area contributed by atoms with Crippen molar-refractivity contribution in [1.82, 2.24) is 4.90 Å². The monoisotopic (exact) mass is 488 g/mol. The van der Waals surface area contributed by atoms with Crippen molar-refractivity contribution < 1.29 is 19.1 Å². The van der Waals surface area contributed by atoms with Crippen molar-refractivity contribution >= 4 is 56.5 Å².